The molecule has 0 bridgehead atoms. The van der Waals surface area contributed by atoms with Gasteiger partial charge in [0.1, 0.15) is 6.04 Å². The SMILES string of the molecule is CNC(=O)[C@H]1N(C(C)=O)C[C@@H](O)C1(C)C. The maximum absolute atomic E-state index is 11.7. The van der Waals surface area contributed by atoms with Gasteiger partial charge in [-0.15, -0.1) is 0 Å². The van der Waals surface area contributed by atoms with Crippen LogP contribution in [0.15, 0.2) is 0 Å². The van der Waals surface area contributed by atoms with Crippen molar-refractivity contribution in [1.82, 2.24) is 10.2 Å². The molecule has 1 rings (SSSR count). The van der Waals surface area contributed by atoms with E-state index in [0.29, 0.717) is 0 Å². The monoisotopic (exact) mass is 214 g/mol. The fourth-order valence-corrected chi connectivity index (χ4v) is 2.04. The third kappa shape index (κ3) is 1.84. The van der Waals surface area contributed by atoms with Crippen LogP contribution in [0.25, 0.3) is 0 Å². The van der Waals surface area contributed by atoms with Crippen LogP contribution in [0.2, 0.25) is 0 Å². The molecule has 15 heavy (non-hydrogen) atoms. The Balaban J connectivity index is 3.03. The number of carbonyl (C=O) groups excluding carboxylic acids is 2. The highest BCUT2D eigenvalue weighted by atomic mass is 16.3. The van der Waals surface area contributed by atoms with E-state index in [4.69, 9.17) is 0 Å². The number of aliphatic hydroxyl groups is 1. The van der Waals surface area contributed by atoms with Gasteiger partial charge in [0.25, 0.3) is 0 Å². The van der Waals surface area contributed by atoms with Gasteiger partial charge in [-0.25, -0.2) is 0 Å². The Morgan fingerprint density at radius 1 is 1.47 bits per heavy atom. The quantitative estimate of drug-likeness (QED) is 0.609. The molecule has 0 unspecified atom stereocenters. The van der Waals surface area contributed by atoms with Crippen molar-refractivity contribution in [3.63, 3.8) is 0 Å². The first-order chi connectivity index (χ1) is 6.82. The predicted molar refractivity (Wildman–Crippen MR) is 55.0 cm³/mol. The summed E-state index contributed by atoms with van der Waals surface area (Å²) in [6.07, 6.45) is -0.663. The summed E-state index contributed by atoms with van der Waals surface area (Å²) in [6.45, 7) is 5.21. The summed E-state index contributed by atoms with van der Waals surface area (Å²) in [7, 11) is 1.53. The van der Waals surface area contributed by atoms with Crippen LogP contribution in [0.3, 0.4) is 0 Å². The molecular weight excluding hydrogens is 196 g/mol. The van der Waals surface area contributed by atoms with Crippen molar-refractivity contribution in [2.45, 2.75) is 32.9 Å². The molecule has 2 N–H and O–H groups in total. The first-order valence-electron chi connectivity index (χ1n) is 4.99. The Kier molecular flexibility index (Phi) is 3.04. The molecule has 0 saturated carbocycles. The summed E-state index contributed by atoms with van der Waals surface area (Å²) in [6, 6.07) is -0.588. The fourth-order valence-electron chi connectivity index (χ4n) is 2.04. The Morgan fingerprint density at radius 2 is 2.00 bits per heavy atom. The van der Waals surface area contributed by atoms with Gasteiger partial charge in [-0.1, -0.05) is 13.8 Å². The van der Waals surface area contributed by atoms with Gasteiger partial charge in [0.05, 0.1) is 6.10 Å². The zero-order chi connectivity index (χ0) is 11.8. The van der Waals surface area contributed by atoms with Crippen LogP contribution in [-0.4, -0.2) is 47.6 Å². The lowest BCUT2D eigenvalue weighted by Gasteiger charge is -2.30. The lowest BCUT2D eigenvalue weighted by molar-refractivity contribution is -0.138. The number of amides is 2. The second-order valence-electron chi connectivity index (χ2n) is 4.53. The second-order valence-corrected chi connectivity index (χ2v) is 4.53. The molecule has 0 aromatic rings. The maximum Gasteiger partial charge on any atom is 0.243 e. The molecule has 2 atom stereocenters. The number of hydrogen-bond acceptors (Lipinski definition) is 3. The summed E-state index contributed by atoms with van der Waals surface area (Å²) in [5.74, 6) is -0.417. The first-order valence-corrected chi connectivity index (χ1v) is 4.99. The van der Waals surface area contributed by atoms with Gasteiger partial charge >= 0.3 is 0 Å². The summed E-state index contributed by atoms with van der Waals surface area (Å²) in [5.41, 5.74) is -0.605. The first kappa shape index (κ1) is 12.0. The van der Waals surface area contributed by atoms with Crippen molar-refractivity contribution in [3.05, 3.63) is 0 Å². The van der Waals surface area contributed by atoms with Crippen LogP contribution < -0.4 is 5.32 Å². The molecule has 5 nitrogen and oxygen atoms in total. The third-order valence-electron chi connectivity index (χ3n) is 3.14. The van der Waals surface area contributed by atoms with Crippen molar-refractivity contribution in [3.8, 4) is 0 Å². The number of likely N-dealkylation sites (tertiary alicyclic amines) is 1. The molecule has 1 fully saturated rings. The topological polar surface area (TPSA) is 69.6 Å². The van der Waals surface area contributed by atoms with Gasteiger partial charge in [0.2, 0.25) is 11.8 Å². The number of rotatable bonds is 1. The summed E-state index contributed by atoms with van der Waals surface area (Å²) in [5, 5.41) is 12.3. The lowest BCUT2D eigenvalue weighted by Crippen LogP contribution is -2.50. The molecule has 1 aliphatic rings. The van der Waals surface area contributed by atoms with E-state index in [1.165, 1.54) is 18.9 Å². The molecule has 1 aliphatic heterocycles. The predicted octanol–water partition coefficient (Wildman–Crippen LogP) is -0.650. The molecule has 5 heteroatoms. The fraction of sp³-hybridized carbons (Fsp3) is 0.800. The highest BCUT2D eigenvalue weighted by molar-refractivity contribution is 5.88. The summed E-state index contributed by atoms with van der Waals surface area (Å²) < 4.78 is 0. The van der Waals surface area contributed by atoms with E-state index in [0.717, 1.165) is 0 Å². The number of nitrogens with one attached hydrogen (secondary N) is 1. The zero-order valence-corrected chi connectivity index (χ0v) is 9.57. The number of aliphatic hydroxyl groups excluding tert-OH is 1. The molecule has 0 aromatic heterocycles. The summed E-state index contributed by atoms with van der Waals surface area (Å²) in [4.78, 5) is 24.4. The van der Waals surface area contributed by atoms with Crippen molar-refractivity contribution >= 4 is 11.8 Å². The van der Waals surface area contributed by atoms with Gasteiger partial charge in [-0.3, -0.25) is 9.59 Å². The number of carbonyl (C=O) groups is 2. The van der Waals surface area contributed by atoms with Crippen molar-refractivity contribution in [2.75, 3.05) is 13.6 Å². The van der Waals surface area contributed by atoms with E-state index in [2.05, 4.69) is 5.32 Å². The van der Waals surface area contributed by atoms with E-state index in [1.54, 1.807) is 13.8 Å². The molecule has 1 saturated heterocycles. The van der Waals surface area contributed by atoms with Gasteiger partial charge in [-0.2, -0.15) is 0 Å². The zero-order valence-electron chi connectivity index (χ0n) is 9.57. The highest BCUT2D eigenvalue weighted by Crippen LogP contribution is 2.36. The molecular formula is C10H18N2O3. The average Bonchev–Trinajstić information content (AvgIpc) is 2.37. The van der Waals surface area contributed by atoms with Gasteiger partial charge in [0, 0.05) is 25.9 Å². The van der Waals surface area contributed by atoms with Crippen molar-refractivity contribution in [1.29, 1.82) is 0 Å². The molecule has 2 amide bonds. The maximum atomic E-state index is 11.7. The number of likely N-dealkylation sites (N-methyl/N-ethyl adjacent to an activating group) is 1. The van der Waals surface area contributed by atoms with E-state index < -0.39 is 17.6 Å². The average molecular weight is 214 g/mol. The lowest BCUT2D eigenvalue weighted by atomic mass is 9.82. The highest BCUT2D eigenvalue weighted by Gasteiger charge is 2.51. The molecule has 1 heterocycles. The van der Waals surface area contributed by atoms with E-state index >= 15 is 0 Å². The van der Waals surface area contributed by atoms with Gasteiger partial charge in [-0.05, 0) is 0 Å². The van der Waals surface area contributed by atoms with Gasteiger partial charge < -0.3 is 15.3 Å². The molecule has 0 spiro atoms. The van der Waals surface area contributed by atoms with Crippen LogP contribution in [0.5, 0.6) is 0 Å². The summed E-state index contributed by atoms with van der Waals surface area (Å²) >= 11 is 0. The molecule has 0 aliphatic carbocycles. The number of nitrogens with zero attached hydrogens (tertiary/aromatic N) is 1. The Labute approximate surface area is 89.4 Å². The largest absolute Gasteiger partial charge is 0.391 e. The van der Waals surface area contributed by atoms with Crippen LogP contribution >= 0.6 is 0 Å². The molecule has 0 aromatic carbocycles. The third-order valence-corrected chi connectivity index (χ3v) is 3.14. The molecule has 0 radical (unpaired) electrons. The van der Waals surface area contributed by atoms with Gasteiger partial charge in [0.15, 0.2) is 0 Å². The molecule has 86 valence electrons. The van der Waals surface area contributed by atoms with Crippen LogP contribution in [-0.2, 0) is 9.59 Å². The standard InChI is InChI=1S/C10H18N2O3/c1-6(13)12-5-7(14)10(2,3)8(12)9(15)11-4/h7-8,14H,5H2,1-4H3,(H,11,15)/t7-,8-/m1/s1. The number of hydrogen-bond donors (Lipinski definition) is 2. The Bertz CT molecular complexity index is 288. The van der Waals surface area contributed by atoms with Crippen LogP contribution in [0.4, 0.5) is 0 Å². The second kappa shape index (κ2) is 3.81. The minimum atomic E-state index is -0.663. The normalized spacial score (nSPS) is 29.0. The smallest absolute Gasteiger partial charge is 0.243 e. The minimum Gasteiger partial charge on any atom is -0.391 e. The number of β-amino-alcohol motifs (C(OH)–C–C–N with tert-alkyl or cyclic N) is 1. The Hall–Kier alpha value is -1.10. The van der Waals surface area contributed by atoms with Crippen LogP contribution in [0, 0.1) is 5.41 Å². The Morgan fingerprint density at radius 3 is 2.40 bits per heavy atom. The van der Waals surface area contributed by atoms with Crippen LogP contribution in [0.1, 0.15) is 20.8 Å². The minimum absolute atomic E-state index is 0.187. The van der Waals surface area contributed by atoms with Crippen molar-refractivity contribution < 1.29 is 14.7 Å². The van der Waals surface area contributed by atoms with E-state index in [9.17, 15) is 14.7 Å². The van der Waals surface area contributed by atoms with E-state index in [-0.39, 0.29) is 18.4 Å². The van der Waals surface area contributed by atoms with E-state index in [1.807, 2.05) is 0 Å². The van der Waals surface area contributed by atoms with Crippen molar-refractivity contribution in [2.24, 2.45) is 5.41 Å².